The lowest BCUT2D eigenvalue weighted by Gasteiger charge is -2.16. The van der Waals surface area contributed by atoms with E-state index in [9.17, 15) is 0 Å². The van der Waals surface area contributed by atoms with Crippen LogP contribution in [0.1, 0.15) is 22.9 Å². The number of aromatic nitrogens is 4. The van der Waals surface area contributed by atoms with E-state index >= 15 is 0 Å². The summed E-state index contributed by atoms with van der Waals surface area (Å²) in [6.45, 7) is 0. The first-order valence-electron chi connectivity index (χ1n) is 8.10. The molecule has 0 aliphatic heterocycles. The third-order valence-electron chi connectivity index (χ3n) is 4.09. The summed E-state index contributed by atoms with van der Waals surface area (Å²) in [6.07, 6.45) is 3.88. The number of rotatable bonds is 5. The largest absolute Gasteiger partial charge is 0.334 e. The van der Waals surface area contributed by atoms with Gasteiger partial charge in [-0.05, 0) is 17.2 Å². The molecule has 0 unspecified atom stereocenters. The lowest BCUT2D eigenvalue weighted by molar-refractivity contribution is 0.421. The Morgan fingerprint density at radius 1 is 0.800 bits per heavy atom. The van der Waals surface area contributed by atoms with Crippen molar-refractivity contribution in [2.75, 3.05) is 0 Å². The molecule has 2 aromatic heterocycles. The van der Waals surface area contributed by atoms with Crippen LogP contribution < -0.4 is 0 Å². The molecule has 5 heteroatoms. The molecule has 0 atom stereocenters. The average molecular weight is 328 g/mol. The Morgan fingerprint density at radius 3 is 2.08 bits per heavy atom. The van der Waals surface area contributed by atoms with Crippen LogP contribution in [0, 0.1) is 0 Å². The van der Waals surface area contributed by atoms with Crippen molar-refractivity contribution in [2.24, 2.45) is 0 Å². The highest BCUT2D eigenvalue weighted by atomic mass is 16.5. The van der Waals surface area contributed by atoms with Crippen molar-refractivity contribution < 1.29 is 4.52 Å². The zero-order valence-electron chi connectivity index (χ0n) is 13.5. The summed E-state index contributed by atoms with van der Waals surface area (Å²) in [7, 11) is 0. The van der Waals surface area contributed by atoms with Crippen molar-refractivity contribution in [1.82, 2.24) is 20.3 Å². The first-order chi connectivity index (χ1) is 12.4. The van der Waals surface area contributed by atoms with Gasteiger partial charge in [0.15, 0.2) is 5.82 Å². The summed E-state index contributed by atoms with van der Waals surface area (Å²) >= 11 is 0. The fraction of sp³-hybridized carbons (Fsp3) is 0.100. The van der Waals surface area contributed by atoms with Gasteiger partial charge in [0, 0.05) is 12.3 Å². The Morgan fingerprint density at radius 2 is 1.48 bits per heavy atom. The topological polar surface area (TPSA) is 64.7 Å². The molecule has 4 rings (SSSR count). The normalized spacial score (nSPS) is 10.9. The lowest BCUT2D eigenvalue weighted by atomic mass is 9.88. The molecule has 0 fully saturated rings. The first kappa shape index (κ1) is 15.2. The van der Waals surface area contributed by atoms with Crippen LogP contribution in [0.5, 0.6) is 0 Å². The molecular formula is C20H16N4O. The molecule has 122 valence electrons. The minimum Gasteiger partial charge on any atom is -0.334 e. The molecule has 0 aliphatic carbocycles. The Hall–Kier alpha value is -3.34. The Kier molecular flexibility index (Phi) is 4.29. The molecule has 0 radical (unpaired) electrons. The van der Waals surface area contributed by atoms with Crippen LogP contribution in [-0.4, -0.2) is 20.3 Å². The number of nitrogens with zero attached hydrogens (tertiary/aromatic N) is 4. The van der Waals surface area contributed by atoms with Gasteiger partial charge in [0.05, 0.1) is 18.0 Å². The van der Waals surface area contributed by atoms with Gasteiger partial charge in [-0.25, -0.2) is 0 Å². The van der Waals surface area contributed by atoms with Gasteiger partial charge in [0.2, 0.25) is 0 Å². The maximum atomic E-state index is 5.39. The van der Waals surface area contributed by atoms with Crippen LogP contribution in [0.25, 0.3) is 11.5 Å². The molecule has 0 N–H and O–H groups in total. The van der Waals surface area contributed by atoms with E-state index in [2.05, 4.69) is 68.9 Å². The third kappa shape index (κ3) is 3.45. The fourth-order valence-corrected chi connectivity index (χ4v) is 2.85. The smallest absolute Gasteiger partial charge is 0.259 e. The van der Waals surface area contributed by atoms with Crippen molar-refractivity contribution >= 4 is 0 Å². The van der Waals surface area contributed by atoms with Gasteiger partial charge in [-0.15, -0.1) is 0 Å². The quantitative estimate of drug-likeness (QED) is 0.556. The van der Waals surface area contributed by atoms with Gasteiger partial charge in [-0.2, -0.15) is 15.2 Å². The SMILES string of the molecule is c1ccc(C(Cc2noc(-c3ccnnc3)n2)c2ccccc2)cc1. The van der Waals surface area contributed by atoms with Crippen LogP contribution in [-0.2, 0) is 6.42 Å². The van der Waals surface area contributed by atoms with Gasteiger partial charge in [-0.1, -0.05) is 65.8 Å². The highest BCUT2D eigenvalue weighted by Crippen LogP contribution is 2.28. The van der Waals surface area contributed by atoms with Crippen molar-refractivity contribution in [3.63, 3.8) is 0 Å². The van der Waals surface area contributed by atoms with E-state index in [0.29, 0.717) is 18.1 Å². The zero-order chi connectivity index (χ0) is 16.9. The number of hydrogen-bond acceptors (Lipinski definition) is 5. The van der Waals surface area contributed by atoms with E-state index in [4.69, 9.17) is 4.52 Å². The highest BCUT2D eigenvalue weighted by molar-refractivity contribution is 5.49. The molecule has 0 bridgehead atoms. The van der Waals surface area contributed by atoms with Crippen molar-refractivity contribution in [3.8, 4) is 11.5 Å². The van der Waals surface area contributed by atoms with Crippen molar-refractivity contribution in [2.45, 2.75) is 12.3 Å². The van der Waals surface area contributed by atoms with E-state index in [1.54, 1.807) is 18.5 Å². The molecule has 0 spiro atoms. The highest BCUT2D eigenvalue weighted by Gasteiger charge is 2.18. The van der Waals surface area contributed by atoms with E-state index in [1.165, 1.54) is 11.1 Å². The third-order valence-corrected chi connectivity index (χ3v) is 4.09. The molecule has 4 aromatic rings. The standard InChI is InChI=1S/C20H16N4O/c1-3-7-15(8-4-1)18(16-9-5-2-6-10-16)13-19-23-20(25-24-19)17-11-12-21-22-14-17/h1-12,14,18H,13H2. The van der Waals surface area contributed by atoms with E-state index in [-0.39, 0.29) is 5.92 Å². The molecule has 25 heavy (non-hydrogen) atoms. The molecule has 0 aliphatic rings. The van der Waals surface area contributed by atoms with Gasteiger partial charge in [0.1, 0.15) is 0 Å². The summed E-state index contributed by atoms with van der Waals surface area (Å²) in [4.78, 5) is 4.53. The first-order valence-corrected chi connectivity index (χ1v) is 8.10. The van der Waals surface area contributed by atoms with Crippen LogP contribution in [0.3, 0.4) is 0 Å². The number of benzene rings is 2. The van der Waals surface area contributed by atoms with Crippen LogP contribution in [0.2, 0.25) is 0 Å². The van der Waals surface area contributed by atoms with Gasteiger partial charge < -0.3 is 4.52 Å². The van der Waals surface area contributed by atoms with Gasteiger partial charge >= 0.3 is 0 Å². The molecule has 0 saturated carbocycles. The Labute approximate surface area is 145 Å². The van der Waals surface area contributed by atoms with Gasteiger partial charge in [-0.3, -0.25) is 0 Å². The van der Waals surface area contributed by atoms with E-state index in [0.717, 1.165) is 5.56 Å². The second-order valence-electron chi connectivity index (χ2n) is 5.72. The predicted molar refractivity (Wildman–Crippen MR) is 93.8 cm³/mol. The maximum Gasteiger partial charge on any atom is 0.259 e. The lowest BCUT2D eigenvalue weighted by Crippen LogP contribution is -2.06. The monoisotopic (exact) mass is 328 g/mol. The Bertz CT molecular complexity index is 884. The number of hydrogen-bond donors (Lipinski definition) is 0. The van der Waals surface area contributed by atoms with E-state index < -0.39 is 0 Å². The fourth-order valence-electron chi connectivity index (χ4n) is 2.85. The summed E-state index contributed by atoms with van der Waals surface area (Å²) < 4.78 is 5.39. The molecular weight excluding hydrogens is 312 g/mol. The Balaban J connectivity index is 1.65. The summed E-state index contributed by atoms with van der Waals surface area (Å²) in [6, 6.07) is 22.6. The molecule has 2 aromatic carbocycles. The van der Waals surface area contributed by atoms with Crippen molar-refractivity contribution in [3.05, 3.63) is 96.1 Å². The second kappa shape index (κ2) is 7.05. The van der Waals surface area contributed by atoms with E-state index in [1.807, 2.05) is 12.1 Å². The molecule has 5 nitrogen and oxygen atoms in total. The van der Waals surface area contributed by atoms with Crippen LogP contribution in [0.15, 0.2) is 83.6 Å². The zero-order valence-corrected chi connectivity index (χ0v) is 13.5. The minimum atomic E-state index is 0.170. The van der Waals surface area contributed by atoms with Crippen LogP contribution in [0.4, 0.5) is 0 Å². The summed E-state index contributed by atoms with van der Waals surface area (Å²) in [5.41, 5.74) is 3.22. The van der Waals surface area contributed by atoms with Gasteiger partial charge in [0.25, 0.3) is 5.89 Å². The van der Waals surface area contributed by atoms with Crippen molar-refractivity contribution in [1.29, 1.82) is 0 Å². The maximum absolute atomic E-state index is 5.39. The molecule has 0 saturated heterocycles. The predicted octanol–water partition coefficient (Wildman–Crippen LogP) is 3.90. The summed E-state index contributed by atoms with van der Waals surface area (Å²) in [5, 5.41) is 11.8. The molecule has 0 amide bonds. The average Bonchev–Trinajstić information content (AvgIpc) is 3.17. The summed E-state index contributed by atoms with van der Waals surface area (Å²) in [5.74, 6) is 1.30. The minimum absolute atomic E-state index is 0.170. The second-order valence-corrected chi connectivity index (χ2v) is 5.72. The molecule has 2 heterocycles. The van der Waals surface area contributed by atoms with Crippen LogP contribution >= 0.6 is 0 Å².